The molecule has 0 bridgehead atoms. The number of methoxy groups -OCH3 is 2. The van der Waals surface area contributed by atoms with Crippen LogP contribution in [-0.4, -0.2) is 54.3 Å². The normalized spacial score (nSPS) is 11.9. The zero-order chi connectivity index (χ0) is 23.4. The van der Waals surface area contributed by atoms with Crippen LogP contribution in [0.5, 0.6) is 5.75 Å². The van der Waals surface area contributed by atoms with Crippen molar-refractivity contribution in [2.45, 2.75) is 19.4 Å². The summed E-state index contributed by atoms with van der Waals surface area (Å²) in [5.41, 5.74) is 2.22. The van der Waals surface area contributed by atoms with Crippen molar-refractivity contribution in [1.82, 2.24) is 9.88 Å². The molecule has 32 heavy (non-hydrogen) atoms. The van der Waals surface area contributed by atoms with Gasteiger partial charge in [0.1, 0.15) is 5.75 Å². The molecule has 3 rings (SSSR count). The van der Waals surface area contributed by atoms with E-state index < -0.39 is 17.9 Å². The molecule has 1 atom stereocenters. The number of amides is 1. The molecule has 2 aromatic carbocycles. The van der Waals surface area contributed by atoms with Crippen LogP contribution in [0.1, 0.15) is 21.6 Å². The highest BCUT2D eigenvalue weighted by atomic mass is 35.5. The van der Waals surface area contributed by atoms with Crippen molar-refractivity contribution >= 4 is 40.3 Å². The summed E-state index contributed by atoms with van der Waals surface area (Å²) in [6, 6.07) is 10.6. The fourth-order valence-corrected chi connectivity index (χ4v) is 3.67. The van der Waals surface area contributed by atoms with Crippen LogP contribution < -0.4 is 10.1 Å². The first-order valence-electron chi connectivity index (χ1n) is 9.76. The van der Waals surface area contributed by atoms with E-state index in [-0.39, 0.29) is 18.9 Å². The zero-order valence-corrected chi connectivity index (χ0v) is 18.6. The van der Waals surface area contributed by atoms with Gasteiger partial charge in [0.05, 0.1) is 25.7 Å². The molecular formula is C23H23ClN2O6. The van der Waals surface area contributed by atoms with Crippen LogP contribution in [0.4, 0.5) is 0 Å². The Kier molecular flexibility index (Phi) is 7.17. The first-order valence-corrected chi connectivity index (χ1v) is 10.1. The monoisotopic (exact) mass is 458 g/mol. The quantitative estimate of drug-likeness (QED) is 0.537. The smallest absolute Gasteiger partial charge is 0.328 e. The van der Waals surface area contributed by atoms with E-state index in [1.165, 1.54) is 18.8 Å². The topological polar surface area (TPSA) is 107 Å². The zero-order valence-electron chi connectivity index (χ0n) is 17.8. The molecule has 9 heteroatoms. The minimum absolute atomic E-state index is 0.121. The second kappa shape index (κ2) is 9.84. The van der Waals surface area contributed by atoms with Gasteiger partial charge in [-0.2, -0.15) is 0 Å². The van der Waals surface area contributed by atoms with Crippen LogP contribution in [0.2, 0.25) is 5.02 Å². The van der Waals surface area contributed by atoms with Crippen molar-refractivity contribution in [2.24, 2.45) is 0 Å². The summed E-state index contributed by atoms with van der Waals surface area (Å²) < 4.78 is 11.7. The lowest BCUT2D eigenvalue weighted by Crippen LogP contribution is -2.44. The number of carbonyl (C=O) groups is 3. The van der Waals surface area contributed by atoms with E-state index in [9.17, 15) is 19.5 Å². The Balaban J connectivity index is 2.05. The van der Waals surface area contributed by atoms with E-state index >= 15 is 0 Å². The number of halogens is 1. The number of hydrogen-bond acceptors (Lipinski definition) is 5. The molecule has 0 spiro atoms. The van der Waals surface area contributed by atoms with Gasteiger partial charge in [-0.25, -0.2) is 4.79 Å². The summed E-state index contributed by atoms with van der Waals surface area (Å²) in [5, 5.41) is 12.9. The summed E-state index contributed by atoms with van der Waals surface area (Å²) in [6.07, 6.45) is -0.121. The van der Waals surface area contributed by atoms with Gasteiger partial charge in [0.15, 0.2) is 6.04 Å². The van der Waals surface area contributed by atoms with Crippen LogP contribution in [0.25, 0.3) is 10.9 Å². The van der Waals surface area contributed by atoms with Crippen LogP contribution >= 0.6 is 11.6 Å². The maximum absolute atomic E-state index is 13.3. The molecular weight excluding hydrogens is 436 g/mol. The predicted molar refractivity (Wildman–Crippen MR) is 120 cm³/mol. The molecule has 1 unspecified atom stereocenters. The lowest BCUT2D eigenvalue weighted by Gasteiger charge is -2.13. The third-order valence-corrected chi connectivity index (χ3v) is 5.39. The Morgan fingerprint density at radius 2 is 1.81 bits per heavy atom. The first-order chi connectivity index (χ1) is 15.3. The van der Waals surface area contributed by atoms with Crippen LogP contribution in [-0.2, 0) is 20.7 Å². The van der Waals surface area contributed by atoms with Crippen molar-refractivity contribution in [1.29, 1.82) is 0 Å². The van der Waals surface area contributed by atoms with Gasteiger partial charge in [0.25, 0.3) is 5.91 Å². The van der Waals surface area contributed by atoms with Crippen molar-refractivity contribution in [3.63, 3.8) is 0 Å². The van der Waals surface area contributed by atoms with Gasteiger partial charge in [0.2, 0.25) is 5.91 Å². The number of carboxylic acid groups (broad SMARTS) is 1. The SMILES string of the molecule is COCC(NC(=O)Cc1c(C)n(C(=O)c2ccc(Cl)cc2)c2ccc(OC)cc12)C(=O)O. The number of hydrogen-bond donors (Lipinski definition) is 2. The van der Waals surface area contributed by atoms with Gasteiger partial charge < -0.3 is 19.9 Å². The number of aromatic nitrogens is 1. The fourth-order valence-electron chi connectivity index (χ4n) is 3.54. The van der Waals surface area contributed by atoms with E-state index in [1.807, 2.05) is 0 Å². The predicted octanol–water partition coefficient (Wildman–Crippen LogP) is 3.06. The van der Waals surface area contributed by atoms with Gasteiger partial charge in [0, 0.05) is 28.8 Å². The molecule has 0 aliphatic carbocycles. The molecule has 1 amide bonds. The molecule has 0 fully saturated rings. The highest BCUT2D eigenvalue weighted by Crippen LogP contribution is 2.31. The van der Waals surface area contributed by atoms with E-state index in [0.717, 1.165) is 0 Å². The largest absolute Gasteiger partial charge is 0.497 e. The van der Waals surface area contributed by atoms with Crippen molar-refractivity contribution in [2.75, 3.05) is 20.8 Å². The molecule has 3 aromatic rings. The number of fused-ring (bicyclic) bond motifs is 1. The fraction of sp³-hybridized carbons (Fsp3) is 0.261. The number of carbonyl (C=O) groups excluding carboxylic acids is 2. The maximum atomic E-state index is 13.3. The Labute approximate surface area is 189 Å². The molecule has 0 radical (unpaired) electrons. The Morgan fingerprint density at radius 3 is 2.41 bits per heavy atom. The first kappa shape index (κ1) is 23.3. The Morgan fingerprint density at radius 1 is 1.12 bits per heavy atom. The number of nitrogens with one attached hydrogen (secondary N) is 1. The average molecular weight is 459 g/mol. The molecule has 0 aliphatic heterocycles. The third-order valence-electron chi connectivity index (χ3n) is 5.14. The minimum atomic E-state index is -1.20. The van der Waals surface area contributed by atoms with Crippen LogP contribution in [0, 0.1) is 6.92 Å². The van der Waals surface area contributed by atoms with E-state index in [1.54, 1.807) is 49.4 Å². The van der Waals surface area contributed by atoms with Gasteiger partial charge in [-0.3, -0.25) is 14.2 Å². The summed E-state index contributed by atoms with van der Waals surface area (Å²) in [7, 11) is 2.88. The summed E-state index contributed by atoms with van der Waals surface area (Å²) in [5.74, 6) is -1.40. The number of rotatable bonds is 8. The van der Waals surface area contributed by atoms with Gasteiger partial charge >= 0.3 is 5.97 Å². The molecule has 168 valence electrons. The van der Waals surface area contributed by atoms with Gasteiger partial charge in [-0.1, -0.05) is 11.6 Å². The second-order valence-electron chi connectivity index (χ2n) is 7.18. The third kappa shape index (κ3) is 4.76. The number of carboxylic acids is 1. The number of ether oxygens (including phenoxy) is 2. The standard InChI is InChI=1S/C23H23ClN2O6/c1-13-17(11-21(27)25-19(12-31-2)23(29)30)18-10-16(32-3)8-9-20(18)26(13)22(28)14-4-6-15(24)7-5-14/h4-10,19H,11-12H2,1-3H3,(H,25,27)(H,29,30). The molecule has 0 saturated carbocycles. The van der Waals surface area contributed by atoms with Crippen molar-refractivity contribution in [3.8, 4) is 5.75 Å². The lowest BCUT2D eigenvalue weighted by atomic mass is 10.1. The van der Waals surface area contributed by atoms with Crippen LogP contribution in [0.15, 0.2) is 42.5 Å². The van der Waals surface area contributed by atoms with Gasteiger partial charge in [-0.15, -0.1) is 0 Å². The molecule has 2 N–H and O–H groups in total. The van der Waals surface area contributed by atoms with Crippen molar-refractivity contribution < 1.29 is 29.0 Å². The van der Waals surface area contributed by atoms with Crippen LogP contribution in [0.3, 0.4) is 0 Å². The molecule has 8 nitrogen and oxygen atoms in total. The summed E-state index contributed by atoms with van der Waals surface area (Å²) in [4.78, 5) is 37.3. The number of aliphatic carboxylic acids is 1. The Hall–Kier alpha value is -3.36. The Bertz CT molecular complexity index is 1170. The highest BCUT2D eigenvalue weighted by molar-refractivity contribution is 6.30. The van der Waals surface area contributed by atoms with E-state index in [0.29, 0.717) is 38.5 Å². The van der Waals surface area contributed by atoms with Crippen molar-refractivity contribution in [3.05, 3.63) is 64.3 Å². The highest BCUT2D eigenvalue weighted by Gasteiger charge is 2.24. The average Bonchev–Trinajstić information content (AvgIpc) is 3.04. The molecule has 0 saturated heterocycles. The lowest BCUT2D eigenvalue weighted by molar-refractivity contribution is -0.143. The number of benzene rings is 2. The second-order valence-corrected chi connectivity index (χ2v) is 7.62. The molecule has 0 aliphatic rings. The molecule has 1 heterocycles. The minimum Gasteiger partial charge on any atom is -0.497 e. The summed E-state index contributed by atoms with van der Waals surface area (Å²) >= 11 is 5.94. The molecule has 1 aromatic heterocycles. The van der Waals surface area contributed by atoms with Gasteiger partial charge in [-0.05, 0) is 55.0 Å². The summed E-state index contributed by atoms with van der Waals surface area (Å²) in [6.45, 7) is 1.58. The van der Waals surface area contributed by atoms with E-state index in [4.69, 9.17) is 21.1 Å². The maximum Gasteiger partial charge on any atom is 0.328 e. The van der Waals surface area contributed by atoms with E-state index in [2.05, 4.69) is 5.32 Å². The number of nitrogens with zero attached hydrogens (tertiary/aromatic N) is 1.